The summed E-state index contributed by atoms with van der Waals surface area (Å²) in [5.74, 6) is -1.06. The van der Waals surface area contributed by atoms with E-state index in [4.69, 9.17) is 34.8 Å². The number of H-pyrrole nitrogens is 1. The first-order valence-corrected chi connectivity index (χ1v) is 6.00. The molecule has 0 unspecified atom stereocenters. The van der Waals surface area contributed by atoms with Gasteiger partial charge in [0.1, 0.15) is 0 Å². The van der Waals surface area contributed by atoms with E-state index in [2.05, 4.69) is 4.98 Å². The Morgan fingerprint density at radius 2 is 1.80 bits per heavy atom. The number of aromatic nitrogens is 1. The lowest BCUT2D eigenvalue weighted by molar-refractivity contribution is -0.386. The third-order valence-corrected chi connectivity index (χ3v) is 3.74. The number of hydrogen-bond donors (Lipinski definition) is 2. The van der Waals surface area contributed by atoms with E-state index in [-0.39, 0.29) is 26.0 Å². The molecule has 0 spiro atoms. The fraction of sp³-hybridized carbons (Fsp3) is 0. The van der Waals surface area contributed by atoms with E-state index in [1.807, 2.05) is 0 Å². The molecule has 1 aromatic carbocycles. The molecule has 2 N–H and O–H groups in total. The van der Waals surface area contributed by atoms with Crippen molar-refractivity contribution in [2.75, 3.05) is 0 Å². The van der Waals surface area contributed by atoms with Crippen molar-refractivity contribution in [2.24, 2.45) is 0 Å². The van der Waals surface area contributed by atoms with Gasteiger partial charge in [-0.25, -0.2) is 0 Å². The number of halogens is 3. The highest BCUT2D eigenvalue weighted by Gasteiger charge is 2.25. The van der Waals surface area contributed by atoms with Gasteiger partial charge in [0.05, 0.1) is 30.9 Å². The largest absolute Gasteiger partial charge is 0.501 e. The van der Waals surface area contributed by atoms with E-state index in [1.54, 1.807) is 0 Å². The minimum Gasteiger partial charge on any atom is -0.501 e. The normalized spacial score (nSPS) is 10.8. The summed E-state index contributed by atoms with van der Waals surface area (Å²) in [6.45, 7) is 0. The Morgan fingerprint density at radius 1 is 1.20 bits per heavy atom. The number of fused-ring (bicyclic) bond motifs is 1. The first-order chi connectivity index (χ1) is 9.25. The Bertz CT molecular complexity index is 877. The highest BCUT2D eigenvalue weighted by atomic mass is 35.5. The molecule has 0 atom stereocenters. The van der Waals surface area contributed by atoms with Crippen molar-refractivity contribution in [3.05, 3.63) is 51.8 Å². The summed E-state index contributed by atoms with van der Waals surface area (Å²) in [5.41, 5.74) is -4.25. The van der Waals surface area contributed by atoms with Gasteiger partial charge in [-0.05, 0) is 6.07 Å². The molecule has 0 bridgehead atoms. The molecule has 1 aromatic heterocycles. The lowest BCUT2D eigenvalue weighted by Crippen LogP contribution is -2.25. The van der Waals surface area contributed by atoms with Gasteiger partial charge in [0, 0.05) is 0 Å². The Hall–Kier alpha value is -1.83. The van der Waals surface area contributed by atoms with Gasteiger partial charge in [0.25, 0.3) is 0 Å². The smallest absolute Gasteiger partial charge is 0.364 e. The van der Waals surface area contributed by atoms with E-state index >= 15 is 0 Å². The number of hydrogen-bond acceptors (Lipinski definition) is 5. The second-order valence-electron chi connectivity index (χ2n) is 3.65. The molecule has 2 aromatic rings. The molecule has 0 radical (unpaired) electrons. The number of nitro groups is 1. The molecule has 7 nitrogen and oxygen atoms in total. The van der Waals surface area contributed by atoms with E-state index in [9.17, 15) is 24.8 Å². The zero-order valence-corrected chi connectivity index (χ0v) is 11.5. The van der Waals surface area contributed by atoms with Gasteiger partial charge in [-0.1, -0.05) is 34.8 Å². The minimum atomic E-state index is -1.51. The zero-order chi connectivity index (χ0) is 15.2. The van der Waals surface area contributed by atoms with Crippen LogP contribution < -0.4 is 11.0 Å². The number of benzene rings is 1. The molecule has 0 saturated heterocycles. The maximum Gasteiger partial charge on any atom is 0.364 e. The molecule has 1 heterocycles. The summed E-state index contributed by atoms with van der Waals surface area (Å²) in [6, 6.07) is 1.12. The topological polar surface area (TPSA) is 113 Å². The predicted octanol–water partition coefficient (Wildman–Crippen LogP) is 2.46. The van der Waals surface area contributed by atoms with Crippen LogP contribution in [0.5, 0.6) is 5.75 Å². The fourth-order valence-electron chi connectivity index (χ4n) is 1.61. The van der Waals surface area contributed by atoms with Crippen molar-refractivity contribution in [3.63, 3.8) is 0 Å². The van der Waals surface area contributed by atoms with Crippen molar-refractivity contribution >= 4 is 51.4 Å². The average Bonchev–Trinajstić information content (AvgIpc) is 2.43. The van der Waals surface area contributed by atoms with Crippen LogP contribution in [-0.4, -0.2) is 15.0 Å². The van der Waals surface area contributed by atoms with Crippen molar-refractivity contribution in [1.29, 1.82) is 0 Å². The van der Waals surface area contributed by atoms with Crippen molar-refractivity contribution in [2.45, 2.75) is 0 Å². The molecular formula is C10H3Cl3N2O5. The van der Waals surface area contributed by atoms with Crippen LogP contribution in [0.2, 0.25) is 15.1 Å². The molecule has 0 aliphatic heterocycles. The van der Waals surface area contributed by atoms with Gasteiger partial charge in [0.2, 0.25) is 5.75 Å². The van der Waals surface area contributed by atoms with Crippen LogP contribution in [0.15, 0.2) is 15.7 Å². The Kier molecular flexibility index (Phi) is 3.59. The standard InChI is InChI=1S/C10H3Cl3N2O5/c11-2-1-3-4(6(13)5(2)12)8(16)7(15(19)20)9(17)10(18)14-3/h1,16H,(H,14,17,18). The molecule has 2 rings (SSSR count). The summed E-state index contributed by atoms with van der Waals surface area (Å²) in [6.07, 6.45) is 0. The van der Waals surface area contributed by atoms with Gasteiger partial charge in [0.15, 0.2) is 0 Å². The summed E-state index contributed by atoms with van der Waals surface area (Å²) >= 11 is 17.4. The van der Waals surface area contributed by atoms with Gasteiger partial charge in [-0.3, -0.25) is 19.7 Å². The van der Waals surface area contributed by atoms with Crippen LogP contribution in [0.1, 0.15) is 0 Å². The highest BCUT2D eigenvalue weighted by molar-refractivity contribution is 6.50. The SMILES string of the molecule is O=c1[nH]c2cc(Cl)c(Cl)c(Cl)c2c(O)c([N+](=O)[O-])c1=O. The van der Waals surface area contributed by atoms with Crippen LogP contribution in [0.25, 0.3) is 10.9 Å². The Morgan fingerprint density at radius 3 is 2.35 bits per heavy atom. The number of nitrogens with one attached hydrogen (secondary N) is 1. The molecule has 0 amide bonds. The summed E-state index contributed by atoms with van der Waals surface area (Å²) in [5, 5.41) is 19.8. The third kappa shape index (κ3) is 2.09. The second-order valence-corrected chi connectivity index (χ2v) is 4.81. The van der Waals surface area contributed by atoms with Crippen molar-refractivity contribution in [3.8, 4) is 5.75 Å². The van der Waals surface area contributed by atoms with Crippen LogP contribution >= 0.6 is 34.8 Å². The lowest BCUT2D eigenvalue weighted by Gasteiger charge is -2.03. The molecular weight excluding hydrogens is 334 g/mol. The van der Waals surface area contributed by atoms with E-state index in [1.165, 1.54) is 0 Å². The predicted molar refractivity (Wildman–Crippen MR) is 74.2 cm³/mol. The van der Waals surface area contributed by atoms with Gasteiger partial charge >= 0.3 is 16.7 Å². The van der Waals surface area contributed by atoms with Crippen LogP contribution in [-0.2, 0) is 0 Å². The lowest BCUT2D eigenvalue weighted by atomic mass is 10.2. The van der Waals surface area contributed by atoms with E-state index in [0.29, 0.717) is 0 Å². The van der Waals surface area contributed by atoms with Crippen LogP contribution in [0, 0.1) is 10.1 Å². The molecule has 0 aliphatic carbocycles. The van der Waals surface area contributed by atoms with E-state index in [0.717, 1.165) is 6.07 Å². The third-order valence-electron chi connectivity index (χ3n) is 2.48. The second kappa shape index (κ2) is 4.93. The summed E-state index contributed by atoms with van der Waals surface area (Å²) in [4.78, 5) is 34.8. The maximum atomic E-state index is 11.6. The minimum absolute atomic E-state index is 0.0551. The quantitative estimate of drug-likeness (QED) is 0.359. The summed E-state index contributed by atoms with van der Waals surface area (Å²) in [7, 11) is 0. The first kappa shape index (κ1) is 14.6. The van der Waals surface area contributed by atoms with Crippen LogP contribution in [0.3, 0.4) is 0 Å². The first-order valence-electron chi connectivity index (χ1n) is 4.86. The maximum absolute atomic E-state index is 11.6. The molecule has 20 heavy (non-hydrogen) atoms. The molecule has 0 fully saturated rings. The fourth-order valence-corrected chi connectivity index (χ4v) is 2.30. The number of aromatic amines is 1. The van der Waals surface area contributed by atoms with Gasteiger partial charge in [-0.15, -0.1) is 0 Å². The molecule has 0 aliphatic rings. The number of aromatic hydroxyl groups is 1. The highest BCUT2D eigenvalue weighted by Crippen LogP contribution is 2.41. The monoisotopic (exact) mass is 336 g/mol. The molecule has 10 heteroatoms. The number of nitrogens with zero attached hydrogens (tertiary/aromatic N) is 1. The van der Waals surface area contributed by atoms with E-state index < -0.39 is 27.3 Å². The Balaban J connectivity index is 3.27. The van der Waals surface area contributed by atoms with Crippen molar-refractivity contribution < 1.29 is 10.0 Å². The Labute approximate surface area is 124 Å². The van der Waals surface area contributed by atoms with Gasteiger partial charge < -0.3 is 10.1 Å². The molecule has 104 valence electrons. The molecule has 0 saturated carbocycles. The average molecular weight is 338 g/mol. The number of rotatable bonds is 1. The van der Waals surface area contributed by atoms with Gasteiger partial charge in [-0.2, -0.15) is 0 Å². The summed E-state index contributed by atoms with van der Waals surface area (Å²) < 4.78 is 0. The van der Waals surface area contributed by atoms with Crippen LogP contribution in [0.4, 0.5) is 5.69 Å². The van der Waals surface area contributed by atoms with Crippen molar-refractivity contribution in [1.82, 2.24) is 4.98 Å². The zero-order valence-electron chi connectivity index (χ0n) is 9.24.